The molecule has 4 bridgehead atoms. The van der Waals surface area contributed by atoms with Crippen LogP contribution in [-0.4, -0.2) is 31.5 Å². The zero-order valence-electron chi connectivity index (χ0n) is 21.0. The Labute approximate surface area is 216 Å². The van der Waals surface area contributed by atoms with Crippen molar-refractivity contribution in [3.63, 3.8) is 0 Å². The van der Waals surface area contributed by atoms with Gasteiger partial charge in [0.25, 0.3) is 5.91 Å². The summed E-state index contributed by atoms with van der Waals surface area (Å²) in [5, 5.41) is 17.2. The van der Waals surface area contributed by atoms with Gasteiger partial charge in [0.15, 0.2) is 5.84 Å². The maximum Gasteiger partial charge on any atom is 0.283 e. The van der Waals surface area contributed by atoms with Crippen molar-refractivity contribution in [2.45, 2.75) is 59.3 Å². The van der Waals surface area contributed by atoms with Crippen LogP contribution in [0, 0.1) is 49.3 Å². The number of hydrazone groups is 1. The summed E-state index contributed by atoms with van der Waals surface area (Å²) >= 11 is 1.54. The van der Waals surface area contributed by atoms with E-state index in [1.807, 2.05) is 18.2 Å². The van der Waals surface area contributed by atoms with Crippen molar-refractivity contribution in [3.05, 3.63) is 58.4 Å². The van der Waals surface area contributed by atoms with Gasteiger partial charge in [-0.25, -0.2) is 0 Å². The first-order valence-corrected chi connectivity index (χ1v) is 13.9. The molecule has 0 atom stereocenters. The summed E-state index contributed by atoms with van der Waals surface area (Å²) in [5.41, 5.74) is 5.81. The fourth-order valence-corrected chi connectivity index (χ4v) is 8.96. The Morgan fingerprint density at radius 2 is 1.72 bits per heavy atom. The van der Waals surface area contributed by atoms with E-state index >= 15 is 0 Å². The highest BCUT2D eigenvalue weighted by Gasteiger charge is 2.55. The Balaban J connectivity index is 1.23. The molecular weight excluding hydrogens is 466 g/mol. The summed E-state index contributed by atoms with van der Waals surface area (Å²) in [4.78, 5) is 17.6. The number of aryl methyl sites for hydroxylation is 2. The van der Waals surface area contributed by atoms with Crippen molar-refractivity contribution in [2.24, 2.45) is 33.3 Å². The normalized spacial score (nSPS) is 31.8. The lowest BCUT2D eigenvalue weighted by molar-refractivity contribution is -0.114. The second kappa shape index (κ2) is 7.78. The number of carbonyl (C=O) groups is 1. The second-order valence-electron chi connectivity index (χ2n) is 11.6. The minimum Gasteiger partial charge on any atom is -0.318 e. The standard InChI is InChI=1S/C29H31N5OS/c1-16-6-4-5-7-24(16)33-17(2)8-22(18(33)3)12-23-25(30)34-28(31-26(23)35)36-27(32-34)29-13-19-9-20(14-29)11-21(10-19)15-29/h4-8,12,19-21,30H,9-11,13-15H2,1-3H3/b23-12-,30-25?. The van der Waals surface area contributed by atoms with E-state index in [1.54, 1.807) is 16.8 Å². The number of nitrogens with one attached hydrogen (secondary N) is 1. The molecular formula is C29H31N5OS. The number of rotatable bonds is 3. The summed E-state index contributed by atoms with van der Waals surface area (Å²) in [6.45, 7) is 6.24. The van der Waals surface area contributed by atoms with Gasteiger partial charge < -0.3 is 4.57 Å². The Kier molecular flexibility index (Phi) is 4.82. The third-order valence-corrected chi connectivity index (χ3v) is 10.2. The molecule has 2 aliphatic heterocycles. The quantitative estimate of drug-likeness (QED) is 0.510. The Hall–Kier alpha value is -2.93. The first kappa shape index (κ1) is 22.3. The molecule has 4 fully saturated rings. The van der Waals surface area contributed by atoms with Crippen molar-refractivity contribution in [1.29, 1.82) is 5.41 Å². The van der Waals surface area contributed by atoms with Crippen LogP contribution in [0.3, 0.4) is 0 Å². The van der Waals surface area contributed by atoms with Gasteiger partial charge in [0, 0.05) is 22.5 Å². The molecule has 1 amide bonds. The molecule has 0 unspecified atom stereocenters. The molecule has 1 N–H and O–H groups in total. The van der Waals surface area contributed by atoms with E-state index in [9.17, 15) is 4.79 Å². The molecule has 36 heavy (non-hydrogen) atoms. The average Bonchev–Trinajstić information content (AvgIpc) is 3.37. The van der Waals surface area contributed by atoms with Gasteiger partial charge in [-0.15, -0.1) is 0 Å². The number of amidine groups is 2. The number of fused-ring (bicyclic) bond motifs is 1. The van der Waals surface area contributed by atoms with Crippen molar-refractivity contribution in [2.75, 3.05) is 0 Å². The Morgan fingerprint density at radius 3 is 2.39 bits per heavy atom. The van der Waals surface area contributed by atoms with Gasteiger partial charge in [0.2, 0.25) is 5.17 Å². The maximum atomic E-state index is 13.1. The number of amides is 1. The number of benzene rings is 1. The number of para-hydroxylation sites is 1. The summed E-state index contributed by atoms with van der Waals surface area (Å²) < 4.78 is 2.21. The van der Waals surface area contributed by atoms with Gasteiger partial charge in [0.1, 0.15) is 5.04 Å². The van der Waals surface area contributed by atoms with Crippen LogP contribution >= 0.6 is 11.8 Å². The number of carbonyl (C=O) groups excluding carboxylic acids is 1. The zero-order chi connectivity index (χ0) is 24.8. The minimum atomic E-state index is -0.346. The highest BCUT2D eigenvalue weighted by Crippen LogP contribution is 2.62. The molecule has 0 saturated heterocycles. The van der Waals surface area contributed by atoms with E-state index in [4.69, 9.17) is 10.5 Å². The maximum absolute atomic E-state index is 13.1. The monoisotopic (exact) mass is 497 g/mol. The minimum absolute atomic E-state index is 0.130. The van der Waals surface area contributed by atoms with Crippen molar-refractivity contribution < 1.29 is 4.79 Å². The van der Waals surface area contributed by atoms with Gasteiger partial charge in [-0.3, -0.25) is 10.2 Å². The highest BCUT2D eigenvalue weighted by molar-refractivity contribution is 8.27. The van der Waals surface area contributed by atoms with E-state index in [2.05, 4.69) is 48.5 Å². The van der Waals surface area contributed by atoms with Crippen LogP contribution in [0.2, 0.25) is 0 Å². The second-order valence-corrected chi connectivity index (χ2v) is 12.5. The third-order valence-electron chi connectivity index (χ3n) is 9.07. The highest BCUT2D eigenvalue weighted by atomic mass is 32.2. The Bertz CT molecular complexity index is 1390. The number of nitrogens with zero attached hydrogens (tertiary/aromatic N) is 4. The summed E-state index contributed by atoms with van der Waals surface area (Å²) in [6, 6.07) is 10.4. The van der Waals surface area contributed by atoms with Gasteiger partial charge >= 0.3 is 0 Å². The van der Waals surface area contributed by atoms with Crippen LogP contribution in [0.4, 0.5) is 0 Å². The van der Waals surface area contributed by atoms with Crippen LogP contribution in [0.25, 0.3) is 11.8 Å². The first-order valence-electron chi connectivity index (χ1n) is 13.1. The molecule has 8 rings (SSSR count). The molecule has 1 aromatic carbocycles. The topological polar surface area (TPSA) is 73.8 Å². The van der Waals surface area contributed by atoms with Crippen molar-refractivity contribution in [3.8, 4) is 5.69 Å². The average molecular weight is 498 g/mol. The van der Waals surface area contributed by atoms with E-state index in [-0.39, 0.29) is 17.2 Å². The van der Waals surface area contributed by atoms with Crippen LogP contribution in [-0.2, 0) is 4.79 Å². The molecule has 184 valence electrons. The predicted molar refractivity (Wildman–Crippen MR) is 146 cm³/mol. The zero-order valence-corrected chi connectivity index (χ0v) is 21.9. The Morgan fingerprint density at radius 1 is 1.06 bits per heavy atom. The molecule has 6 nitrogen and oxygen atoms in total. The van der Waals surface area contributed by atoms with Crippen molar-refractivity contribution >= 4 is 39.8 Å². The molecule has 4 aliphatic carbocycles. The van der Waals surface area contributed by atoms with Crippen LogP contribution in [0.1, 0.15) is 61.0 Å². The number of aliphatic imine (C=N–C) groups is 1. The molecule has 3 heterocycles. The van der Waals surface area contributed by atoms with Crippen LogP contribution < -0.4 is 0 Å². The fraction of sp³-hybridized carbons (Fsp3) is 0.448. The molecule has 1 aromatic heterocycles. The smallest absolute Gasteiger partial charge is 0.283 e. The third kappa shape index (κ3) is 3.24. The predicted octanol–water partition coefficient (Wildman–Crippen LogP) is 6.24. The van der Waals surface area contributed by atoms with Crippen LogP contribution in [0.5, 0.6) is 0 Å². The van der Waals surface area contributed by atoms with E-state index < -0.39 is 0 Å². The van der Waals surface area contributed by atoms with Gasteiger partial charge in [-0.1, -0.05) is 18.2 Å². The van der Waals surface area contributed by atoms with Gasteiger partial charge in [0.05, 0.1) is 5.57 Å². The van der Waals surface area contributed by atoms with E-state index in [0.29, 0.717) is 10.7 Å². The van der Waals surface area contributed by atoms with Crippen molar-refractivity contribution in [1.82, 2.24) is 9.58 Å². The number of hydrogen-bond acceptors (Lipinski definition) is 4. The molecule has 0 spiro atoms. The van der Waals surface area contributed by atoms with E-state index in [1.165, 1.54) is 44.1 Å². The largest absolute Gasteiger partial charge is 0.318 e. The lowest BCUT2D eigenvalue weighted by Crippen LogP contribution is -2.49. The summed E-state index contributed by atoms with van der Waals surface area (Å²) in [5.74, 6) is 2.25. The van der Waals surface area contributed by atoms with Gasteiger partial charge in [-0.05, 0) is 118 Å². The van der Waals surface area contributed by atoms with Crippen LogP contribution in [0.15, 0.2) is 46.0 Å². The van der Waals surface area contributed by atoms with Gasteiger partial charge in [-0.2, -0.15) is 15.1 Å². The lowest BCUT2D eigenvalue weighted by Gasteiger charge is -2.56. The summed E-state index contributed by atoms with van der Waals surface area (Å²) in [7, 11) is 0. The SMILES string of the molecule is Cc1ccccc1-n1c(C)cc(/C=C2/C(=N)N3N=C(C45CC6CC(CC(C6)C4)C5)SC3=NC2=O)c1C. The molecule has 4 saturated carbocycles. The molecule has 6 aliphatic rings. The molecule has 0 radical (unpaired) electrons. The molecule has 2 aromatic rings. The van der Waals surface area contributed by atoms with E-state index in [0.717, 1.165) is 45.4 Å². The fourth-order valence-electron chi connectivity index (χ4n) is 7.85. The molecule has 7 heteroatoms. The summed E-state index contributed by atoms with van der Waals surface area (Å²) in [6.07, 6.45) is 9.59. The first-order chi connectivity index (χ1) is 17.3. The number of thioether (sulfide) groups is 1. The number of hydrogen-bond donors (Lipinski definition) is 1. The lowest BCUT2D eigenvalue weighted by atomic mass is 9.50. The number of aromatic nitrogens is 1.